The molecule has 0 unspecified atom stereocenters. The summed E-state index contributed by atoms with van der Waals surface area (Å²) in [7, 11) is 1.62. The minimum absolute atomic E-state index is 0.0518. The van der Waals surface area contributed by atoms with Crippen LogP contribution in [-0.4, -0.2) is 53.2 Å². The molecule has 2 aliphatic carbocycles. The van der Waals surface area contributed by atoms with Gasteiger partial charge in [-0.1, -0.05) is 47.5 Å². The Morgan fingerprint density at radius 1 is 1.00 bits per heavy atom. The van der Waals surface area contributed by atoms with Crippen LogP contribution in [0.5, 0.6) is 5.75 Å². The lowest BCUT2D eigenvalue weighted by atomic mass is 9.80. The largest absolute Gasteiger partial charge is 0.496 e. The van der Waals surface area contributed by atoms with E-state index in [-0.39, 0.29) is 23.2 Å². The summed E-state index contributed by atoms with van der Waals surface area (Å²) in [6.07, 6.45) is 9.62. The summed E-state index contributed by atoms with van der Waals surface area (Å²) in [5, 5.41) is 23.3. The van der Waals surface area contributed by atoms with E-state index in [0.717, 1.165) is 56.1 Å². The monoisotopic (exact) mass is 760 g/mol. The number of nitrogens with one attached hydrogen (secondary N) is 4. The standard InChI is InChI=1S/C40H43Cl2FN6O4/c1-53-31-19-24(5-6-25(31)20-45-22-27-7-8-32(50)48-27)36-34(42)29(10-17-46-36)28-3-2-4-30(33(28)41)49-37-35(43)26(9-16-47-37)21-44-18-15-39-11-13-40(23-39,14-12-39)38(51)52/h2-6,9-10,16-17,19,27,44-45H,7-8,11-15,18,20-23H2,1H3,(H,47,49)(H,48,50)(H,51,52)/t27-,39?,40?/m1/s1. The van der Waals surface area contributed by atoms with Gasteiger partial charge in [0.25, 0.3) is 0 Å². The number of hydrogen-bond donors (Lipinski definition) is 5. The molecule has 2 saturated carbocycles. The van der Waals surface area contributed by atoms with Crippen LogP contribution in [0.1, 0.15) is 62.5 Å². The number of carboxylic acid groups (broad SMARTS) is 1. The molecule has 3 aliphatic rings. The first kappa shape index (κ1) is 37.0. The van der Waals surface area contributed by atoms with Crippen molar-refractivity contribution in [2.45, 2.75) is 70.5 Å². The Hall–Kier alpha value is -4.29. The van der Waals surface area contributed by atoms with Crippen LogP contribution in [0.3, 0.4) is 0 Å². The maximum absolute atomic E-state index is 15.7. The molecule has 1 atom stereocenters. The van der Waals surface area contributed by atoms with E-state index in [1.807, 2.05) is 30.3 Å². The van der Waals surface area contributed by atoms with Gasteiger partial charge in [0.15, 0.2) is 11.6 Å². The van der Waals surface area contributed by atoms with E-state index in [0.29, 0.717) is 76.5 Å². The highest BCUT2D eigenvalue weighted by atomic mass is 35.5. The van der Waals surface area contributed by atoms with Crippen molar-refractivity contribution in [3.8, 4) is 28.1 Å². The number of nitrogens with zero attached hydrogens (tertiary/aromatic N) is 2. The van der Waals surface area contributed by atoms with E-state index in [9.17, 15) is 14.7 Å². The van der Waals surface area contributed by atoms with Crippen molar-refractivity contribution in [3.05, 3.63) is 87.9 Å². The van der Waals surface area contributed by atoms with Gasteiger partial charge in [0.2, 0.25) is 5.91 Å². The molecule has 4 aromatic rings. The van der Waals surface area contributed by atoms with E-state index in [4.69, 9.17) is 27.9 Å². The second-order valence-corrected chi connectivity index (χ2v) is 15.4. The lowest BCUT2D eigenvalue weighted by Gasteiger charge is -2.26. The van der Waals surface area contributed by atoms with Gasteiger partial charge in [-0.15, -0.1) is 0 Å². The summed E-state index contributed by atoms with van der Waals surface area (Å²) >= 11 is 14.0. The Morgan fingerprint density at radius 3 is 2.51 bits per heavy atom. The molecule has 0 spiro atoms. The maximum Gasteiger partial charge on any atom is 0.309 e. The number of ether oxygens (including phenoxy) is 1. The molecule has 1 aliphatic heterocycles. The van der Waals surface area contributed by atoms with Crippen molar-refractivity contribution in [2.24, 2.45) is 10.8 Å². The summed E-state index contributed by atoms with van der Waals surface area (Å²) in [5.41, 5.74) is 4.04. The quantitative estimate of drug-likeness (QED) is 0.0767. The molecular formula is C40H43Cl2FN6O4. The van der Waals surface area contributed by atoms with Crippen LogP contribution >= 0.6 is 23.2 Å². The van der Waals surface area contributed by atoms with Crippen LogP contribution in [0, 0.1) is 16.6 Å². The highest BCUT2D eigenvalue weighted by Crippen LogP contribution is 2.63. The first-order valence-electron chi connectivity index (χ1n) is 18.1. The molecule has 1 amide bonds. The molecule has 1 saturated heterocycles. The normalized spacial score (nSPS) is 21.9. The van der Waals surface area contributed by atoms with E-state index in [1.54, 1.807) is 37.7 Å². The fraction of sp³-hybridized carbons (Fsp3) is 0.400. The summed E-state index contributed by atoms with van der Waals surface area (Å²) in [5.74, 6) is -0.320. The Morgan fingerprint density at radius 2 is 1.77 bits per heavy atom. The lowest BCUT2D eigenvalue weighted by Crippen LogP contribution is -2.35. The van der Waals surface area contributed by atoms with Gasteiger partial charge in [0, 0.05) is 72.3 Å². The topological polar surface area (TPSA) is 138 Å². The Balaban J connectivity index is 1.02. The van der Waals surface area contributed by atoms with Crippen molar-refractivity contribution in [2.75, 3.05) is 25.5 Å². The van der Waals surface area contributed by atoms with Gasteiger partial charge in [-0.05, 0) is 81.2 Å². The number of hydrogen-bond acceptors (Lipinski definition) is 8. The van der Waals surface area contributed by atoms with Gasteiger partial charge in [-0.3, -0.25) is 14.6 Å². The number of rotatable bonds is 15. The van der Waals surface area contributed by atoms with Gasteiger partial charge >= 0.3 is 5.97 Å². The fourth-order valence-corrected chi connectivity index (χ4v) is 8.91. The van der Waals surface area contributed by atoms with E-state index in [2.05, 4.69) is 31.2 Å². The van der Waals surface area contributed by atoms with Gasteiger partial charge in [0.05, 0.1) is 34.0 Å². The number of carboxylic acids is 1. The van der Waals surface area contributed by atoms with E-state index < -0.39 is 17.2 Å². The van der Waals surface area contributed by atoms with Gasteiger partial charge in [-0.2, -0.15) is 0 Å². The molecular weight excluding hydrogens is 718 g/mol. The fourth-order valence-electron chi connectivity index (χ4n) is 8.31. The number of carbonyl (C=O) groups is 2. The van der Waals surface area contributed by atoms with E-state index in [1.165, 1.54) is 0 Å². The van der Waals surface area contributed by atoms with Crippen LogP contribution < -0.4 is 26.0 Å². The second kappa shape index (κ2) is 15.6. The van der Waals surface area contributed by atoms with E-state index >= 15 is 4.39 Å². The van der Waals surface area contributed by atoms with Crippen LogP contribution in [-0.2, 0) is 22.7 Å². The zero-order valence-electron chi connectivity index (χ0n) is 29.5. The van der Waals surface area contributed by atoms with Crippen molar-refractivity contribution in [3.63, 3.8) is 0 Å². The SMILES string of the molecule is COc1cc(-c2nccc(-c3cccc(Nc4nccc(CNCCC56CCC(C(=O)O)(CC5)C6)c4F)c3Cl)c2Cl)ccc1CNC[C@H]1CCC(=O)N1. The molecule has 3 fully saturated rings. The maximum atomic E-state index is 15.7. The van der Waals surface area contributed by atoms with Gasteiger partial charge in [-0.25, -0.2) is 9.37 Å². The predicted octanol–water partition coefficient (Wildman–Crippen LogP) is 7.89. The molecule has 13 heteroatoms. The van der Waals surface area contributed by atoms with Crippen LogP contribution in [0.2, 0.25) is 10.0 Å². The molecule has 2 aromatic heterocycles. The third-order valence-electron chi connectivity index (χ3n) is 11.3. The van der Waals surface area contributed by atoms with Crippen molar-refractivity contribution in [1.29, 1.82) is 0 Å². The summed E-state index contributed by atoms with van der Waals surface area (Å²) in [4.78, 5) is 32.2. The number of benzene rings is 2. The molecule has 3 heterocycles. The summed E-state index contributed by atoms with van der Waals surface area (Å²) in [6.45, 7) is 2.23. The molecule has 2 bridgehead atoms. The smallest absolute Gasteiger partial charge is 0.309 e. The highest BCUT2D eigenvalue weighted by molar-refractivity contribution is 6.39. The molecule has 278 valence electrons. The second-order valence-electron chi connectivity index (χ2n) is 14.6. The summed E-state index contributed by atoms with van der Waals surface area (Å²) < 4.78 is 21.5. The Labute approximate surface area is 318 Å². The first-order valence-corrected chi connectivity index (χ1v) is 18.8. The number of halogens is 3. The minimum atomic E-state index is -0.663. The zero-order chi connectivity index (χ0) is 37.2. The minimum Gasteiger partial charge on any atom is -0.496 e. The number of fused-ring (bicyclic) bond motifs is 2. The molecule has 53 heavy (non-hydrogen) atoms. The number of anilines is 2. The van der Waals surface area contributed by atoms with Crippen LogP contribution in [0.25, 0.3) is 22.4 Å². The molecule has 7 rings (SSSR count). The molecule has 2 aromatic carbocycles. The number of pyridine rings is 2. The lowest BCUT2D eigenvalue weighted by molar-refractivity contribution is -0.148. The van der Waals surface area contributed by atoms with Gasteiger partial charge in [0.1, 0.15) is 5.75 Å². The number of aliphatic carboxylic acids is 1. The Bertz CT molecular complexity index is 2020. The average molecular weight is 762 g/mol. The number of carbonyl (C=O) groups excluding carboxylic acids is 1. The molecule has 0 radical (unpaired) electrons. The number of amides is 1. The molecule has 5 N–H and O–H groups in total. The highest BCUT2D eigenvalue weighted by Gasteiger charge is 2.57. The van der Waals surface area contributed by atoms with Crippen LogP contribution in [0.15, 0.2) is 60.9 Å². The predicted molar refractivity (Wildman–Crippen MR) is 204 cm³/mol. The molecule has 10 nitrogen and oxygen atoms in total. The van der Waals surface area contributed by atoms with Crippen molar-refractivity contribution in [1.82, 2.24) is 25.9 Å². The Kier molecular flexibility index (Phi) is 10.9. The third kappa shape index (κ3) is 7.71. The van der Waals surface area contributed by atoms with Gasteiger partial charge < -0.3 is 31.1 Å². The van der Waals surface area contributed by atoms with Crippen LogP contribution in [0.4, 0.5) is 15.9 Å². The first-order chi connectivity index (χ1) is 25.6. The average Bonchev–Trinajstić information content (AvgIpc) is 3.87. The summed E-state index contributed by atoms with van der Waals surface area (Å²) in [6, 6.07) is 14.8. The van der Waals surface area contributed by atoms with Crippen molar-refractivity contribution >= 4 is 46.6 Å². The number of methoxy groups -OCH3 is 1. The zero-order valence-corrected chi connectivity index (χ0v) is 31.0. The number of aromatic nitrogens is 2. The van der Waals surface area contributed by atoms with Crippen molar-refractivity contribution < 1.29 is 23.8 Å². The third-order valence-corrected chi connectivity index (χ3v) is 12.1.